The molecule has 2 aromatic carbocycles. The number of anilines is 2. The Kier molecular flexibility index (Phi) is 9.30. The van der Waals surface area contributed by atoms with Gasteiger partial charge in [-0.05, 0) is 81.3 Å². The number of hydrogen-bond donors (Lipinski definition) is 2. The third kappa shape index (κ3) is 7.87. The van der Waals surface area contributed by atoms with E-state index < -0.39 is 5.60 Å². The first-order valence-electron chi connectivity index (χ1n) is 15.8. The normalized spacial score (nSPS) is 14.3. The molecule has 0 saturated carbocycles. The number of nitrogens with zero attached hydrogens (tertiary/aromatic N) is 6. The van der Waals surface area contributed by atoms with Gasteiger partial charge in [0, 0.05) is 43.2 Å². The number of aromatic nitrogens is 4. The third-order valence-corrected chi connectivity index (χ3v) is 7.74. The number of carbonyl (C=O) groups excluding carboxylic acids is 2. The van der Waals surface area contributed by atoms with E-state index >= 15 is 0 Å². The second kappa shape index (κ2) is 13.9. The van der Waals surface area contributed by atoms with Crippen molar-refractivity contribution >= 4 is 34.7 Å². The van der Waals surface area contributed by atoms with Gasteiger partial charge in [-0.1, -0.05) is 12.1 Å². The summed E-state index contributed by atoms with van der Waals surface area (Å²) in [6.07, 6.45) is 3.49. The Labute approximate surface area is 283 Å². The number of pyridine rings is 2. The van der Waals surface area contributed by atoms with Crippen molar-refractivity contribution in [3.05, 3.63) is 95.8 Å². The van der Waals surface area contributed by atoms with Gasteiger partial charge in [0.15, 0.2) is 11.5 Å². The van der Waals surface area contributed by atoms with Gasteiger partial charge in [0.05, 0.1) is 25.3 Å². The Morgan fingerprint density at radius 1 is 1.00 bits per heavy atom. The molecule has 5 aromatic rings. The summed E-state index contributed by atoms with van der Waals surface area (Å²) in [6.45, 7) is 7.01. The highest BCUT2D eigenvalue weighted by Crippen LogP contribution is 2.35. The highest BCUT2D eigenvalue weighted by molar-refractivity contribution is 6.04. The van der Waals surface area contributed by atoms with Crippen LogP contribution >= 0.6 is 0 Å². The highest BCUT2D eigenvalue weighted by atomic mass is 16.6. The van der Waals surface area contributed by atoms with Gasteiger partial charge in [-0.3, -0.25) is 4.79 Å². The zero-order chi connectivity index (χ0) is 34.5. The maximum absolute atomic E-state index is 12.8. The number of ether oxygens (including phenoxy) is 3. The van der Waals surface area contributed by atoms with Gasteiger partial charge in [0.1, 0.15) is 34.1 Å². The molecule has 1 atom stereocenters. The first kappa shape index (κ1) is 32.8. The Bertz CT molecular complexity index is 2010. The number of hydrogen-bond acceptors (Lipinski definition) is 10. The van der Waals surface area contributed by atoms with E-state index in [4.69, 9.17) is 24.6 Å². The molecule has 3 aromatic heterocycles. The summed E-state index contributed by atoms with van der Waals surface area (Å²) < 4.78 is 19.1. The first-order chi connectivity index (χ1) is 23.6. The SMILES string of the molecule is COc1ccc(Cn2nc(NC3CCN(C(=O)OC(C)(C)C)C3)c3c(Oc4ccc(C(=O)Nc5cc(C#N)ccn5)cc4)ccnc32)cc1. The maximum atomic E-state index is 12.8. The predicted molar refractivity (Wildman–Crippen MR) is 183 cm³/mol. The summed E-state index contributed by atoms with van der Waals surface area (Å²) in [5.41, 5.74) is 1.82. The average Bonchev–Trinajstić information content (AvgIpc) is 3.70. The highest BCUT2D eigenvalue weighted by Gasteiger charge is 2.31. The number of rotatable bonds is 9. The summed E-state index contributed by atoms with van der Waals surface area (Å²) in [7, 11) is 1.63. The van der Waals surface area contributed by atoms with Crippen molar-refractivity contribution in [2.45, 2.75) is 45.4 Å². The molecule has 0 bridgehead atoms. The van der Waals surface area contributed by atoms with Crippen molar-refractivity contribution in [2.24, 2.45) is 0 Å². The number of fused-ring (bicyclic) bond motifs is 1. The van der Waals surface area contributed by atoms with Crippen molar-refractivity contribution in [3.8, 4) is 23.3 Å². The minimum absolute atomic E-state index is 0.0748. The van der Waals surface area contributed by atoms with E-state index in [-0.39, 0.29) is 23.9 Å². The van der Waals surface area contributed by atoms with Crippen LogP contribution in [0.1, 0.15) is 48.7 Å². The Balaban J connectivity index is 1.25. The minimum atomic E-state index is -0.583. The van der Waals surface area contributed by atoms with Gasteiger partial charge in [-0.15, -0.1) is 0 Å². The van der Waals surface area contributed by atoms with E-state index in [1.165, 1.54) is 12.3 Å². The molecule has 0 radical (unpaired) electrons. The fourth-order valence-corrected chi connectivity index (χ4v) is 5.39. The molecule has 1 aliphatic heterocycles. The molecule has 250 valence electrons. The lowest BCUT2D eigenvalue weighted by molar-refractivity contribution is 0.0293. The summed E-state index contributed by atoms with van der Waals surface area (Å²) in [4.78, 5) is 36.1. The second-order valence-electron chi connectivity index (χ2n) is 12.5. The van der Waals surface area contributed by atoms with E-state index in [0.717, 1.165) is 11.3 Å². The summed E-state index contributed by atoms with van der Waals surface area (Å²) >= 11 is 0. The quantitative estimate of drug-likeness (QED) is 0.186. The number of likely N-dealkylation sites (tertiary alicyclic amines) is 1. The molecule has 2 N–H and O–H groups in total. The molecule has 0 spiro atoms. The van der Waals surface area contributed by atoms with E-state index in [1.54, 1.807) is 54.6 Å². The summed E-state index contributed by atoms with van der Waals surface area (Å²) in [6, 6.07) is 21.2. The minimum Gasteiger partial charge on any atom is -0.497 e. The zero-order valence-corrected chi connectivity index (χ0v) is 27.6. The zero-order valence-electron chi connectivity index (χ0n) is 27.6. The van der Waals surface area contributed by atoms with Crippen LogP contribution in [0.4, 0.5) is 16.4 Å². The first-order valence-corrected chi connectivity index (χ1v) is 15.8. The van der Waals surface area contributed by atoms with E-state index in [0.29, 0.717) is 65.5 Å². The number of benzene rings is 2. The average molecular weight is 661 g/mol. The Hall–Kier alpha value is -6.16. The molecule has 13 nitrogen and oxygen atoms in total. The monoisotopic (exact) mass is 660 g/mol. The van der Waals surface area contributed by atoms with Crippen LogP contribution in [0.25, 0.3) is 11.0 Å². The van der Waals surface area contributed by atoms with Crippen molar-refractivity contribution in [1.82, 2.24) is 24.6 Å². The van der Waals surface area contributed by atoms with Crippen LogP contribution < -0.4 is 20.1 Å². The Morgan fingerprint density at radius 2 is 1.73 bits per heavy atom. The molecule has 1 aliphatic rings. The molecule has 1 saturated heterocycles. The molecule has 13 heteroatoms. The third-order valence-electron chi connectivity index (χ3n) is 7.74. The van der Waals surface area contributed by atoms with Crippen molar-refractivity contribution in [2.75, 3.05) is 30.8 Å². The van der Waals surface area contributed by atoms with E-state index in [1.807, 2.05) is 55.8 Å². The molecular weight excluding hydrogens is 624 g/mol. The van der Waals surface area contributed by atoms with Crippen LogP contribution in [0.15, 0.2) is 79.1 Å². The molecule has 1 unspecified atom stereocenters. The second-order valence-corrected chi connectivity index (χ2v) is 12.5. The van der Waals surface area contributed by atoms with Gasteiger partial charge in [0.25, 0.3) is 5.91 Å². The lowest BCUT2D eigenvalue weighted by Crippen LogP contribution is -2.36. The van der Waals surface area contributed by atoms with Crippen LogP contribution in [0.3, 0.4) is 0 Å². The van der Waals surface area contributed by atoms with E-state index in [9.17, 15) is 9.59 Å². The molecule has 6 rings (SSSR count). The van der Waals surface area contributed by atoms with Gasteiger partial charge < -0.3 is 29.7 Å². The largest absolute Gasteiger partial charge is 0.497 e. The number of amides is 2. The van der Waals surface area contributed by atoms with Crippen LogP contribution in [0.2, 0.25) is 0 Å². The van der Waals surface area contributed by atoms with Crippen LogP contribution in [-0.2, 0) is 11.3 Å². The smallest absolute Gasteiger partial charge is 0.410 e. The van der Waals surface area contributed by atoms with E-state index in [2.05, 4.69) is 20.6 Å². The fourth-order valence-electron chi connectivity index (χ4n) is 5.39. The van der Waals surface area contributed by atoms with Gasteiger partial charge in [-0.2, -0.15) is 10.4 Å². The fraction of sp³-hybridized carbons (Fsp3) is 0.278. The maximum Gasteiger partial charge on any atom is 0.410 e. The van der Waals surface area contributed by atoms with Crippen molar-refractivity contribution < 1.29 is 23.8 Å². The summed E-state index contributed by atoms with van der Waals surface area (Å²) in [5, 5.41) is 21.0. The van der Waals surface area contributed by atoms with Gasteiger partial charge in [0.2, 0.25) is 0 Å². The Morgan fingerprint density at radius 3 is 2.45 bits per heavy atom. The van der Waals surface area contributed by atoms with Crippen LogP contribution in [0.5, 0.6) is 17.2 Å². The molecule has 4 heterocycles. The molecular formula is C36H36N8O5. The number of methoxy groups -OCH3 is 1. The lowest BCUT2D eigenvalue weighted by atomic mass is 10.2. The predicted octanol–water partition coefficient (Wildman–Crippen LogP) is 6.22. The topological polar surface area (TPSA) is 157 Å². The molecule has 2 amide bonds. The lowest BCUT2D eigenvalue weighted by Gasteiger charge is -2.24. The number of nitrogens with one attached hydrogen (secondary N) is 2. The van der Waals surface area contributed by atoms with Crippen molar-refractivity contribution in [3.63, 3.8) is 0 Å². The van der Waals surface area contributed by atoms with Crippen LogP contribution in [0, 0.1) is 11.3 Å². The molecule has 0 aliphatic carbocycles. The standard InChI is InChI=1S/C36H36N8O5/c1-36(2,3)49-35(46)43-18-15-26(22-43)40-32-31-29(14-17-39-33(31)44(42-32)21-23-5-9-27(47-4)10-6-23)48-28-11-7-25(8-12-28)34(45)41-30-19-24(20-37)13-16-38-30/h5-14,16-17,19,26H,15,18,21-22H2,1-4H3,(H,40,42)(H,38,41,45). The molecule has 49 heavy (non-hydrogen) atoms. The van der Waals surface area contributed by atoms with Crippen LogP contribution in [-0.4, -0.2) is 68.5 Å². The van der Waals surface area contributed by atoms with Gasteiger partial charge in [-0.25, -0.2) is 19.4 Å². The van der Waals surface area contributed by atoms with Crippen molar-refractivity contribution in [1.29, 1.82) is 5.26 Å². The summed E-state index contributed by atoms with van der Waals surface area (Å²) in [5.74, 6) is 2.26. The van der Waals surface area contributed by atoms with Gasteiger partial charge >= 0.3 is 6.09 Å². The number of carbonyl (C=O) groups is 2. The molecule has 1 fully saturated rings. The number of nitriles is 1.